The quantitative estimate of drug-likeness (QED) is 0.0264. The van der Waals surface area contributed by atoms with Crippen LogP contribution < -0.4 is 62.4 Å². The zero-order valence-electron chi connectivity index (χ0n) is 41.0. The van der Waals surface area contributed by atoms with Crippen molar-refractivity contribution >= 4 is 46.3 Å². The summed E-state index contributed by atoms with van der Waals surface area (Å²) in [5.41, 5.74) is 2.19. The van der Waals surface area contributed by atoms with Crippen LogP contribution in [0.25, 0.3) is 11.1 Å². The van der Waals surface area contributed by atoms with Gasteiger partial charge in [-0.25, -0.2) is 24.1 Å². The van der Waals surface area contributed by atoms with Gasteiger partial charge < -0.3 is 19.6 Å². The predicted molar refractivity (Wildman–Crippen MR) is 262 cm³/mol. The Balaban J connectivity index is 0.00000925. The zero-order valence-corrected chi connectivity index (χ0v) is 45.0. The zero-order chi connectivity index (χ0) is 45.8. The SMILES string of the molecule is CCCCCCCCCCCCOCCCNC(=O)c1[c-]c(C)cc(N=C2C(c3ccccc3)=C(C(=O)OC3C(C)CC(C)CC3C)c3nc(SCC(CC)CCCC)nc(=O)n32)c1.[K+]. The molecular weight excluding hydrogens is 858 g/mol. The molecule has 1 N–H and O–H groups in total. The molecule has 1 aromatic heterocycles. The van der Waals surface area contributed by atoms with E-state index in [0.717, 1.165) is 57.3 Å². The number of amides is 1. The van der Waals surface area contributed by atoms with Gasteiger partial charge in [-0.05, 0) is 67.0 Å². The Labute approximate surface area is 437 Å². The second kappa shape index (κ2) is 29.4. The van der Waals surface area contributed by atoms with Crippen LogP contribution in [-0.2, 0) is 14.3 Å². The largest absolute Gasteiger partial charge is 1.00 e. The van der Waals surface area contributed by atoms with E-state index in [9.17, 15) is 14.4 Å². The van der Waals surface area contributed by atoms with Gasteiger partial charge in [0.15, 0.2) is 16.9 Å². The second-order valence-corrected chi connectivity index (χ2v) is 19.5. The molecule has 10 nitrogen and oxygen atoms in total. The maximum atomic E-state index is 14.8. The number of aromatic nitrogens is 3. The molecule has 1 saturated carbocycles. The number of carbonyl (C=O) groups excluding carboxylic acids is 2. The number of hydrogen-bond acceptors (Lipinski definition) is 9. The Morgan fingerprint density at radius 3 is 2.18 bits per heavy atom. The van der Waals surface area contributed by atoms with Crippen LogP contribution in [0, 0.1) is 36.7 Å². The van der Waals surface area contributed by atoms with E-state index in [1.165, 1.54) is 74.1 Å². The molecule has 2 aromatic carbocycles. The fourth-order valence-electron chi connectivity index (χ4n) is 9.29. The first-order valence-electron chi connectivity index (χ1n) is 24.7. The Hall–Kier alpha value is -2.45. The van der Waals surface area contributed by atoms with Gasteiger partial charge in [0.2, 0.25) is 0 Å². The van der Waals surface area contributed by atoms with Gasteiger partial charge in [0.25, 0.3) is 0 Å². The van der Waals surface area contributed by atoms with Gasteiger partial charge in [0, 0.05) is 31.1 Å². The van der Waals surface area contributed by atoms with Crippen molar-refractivity contribution in [3.63, 3.8) is 0 Å². The minimum absolute atomic E-state index is 0. The fraction of sp³-hybridized carbons (Fsp3) is 0.623. The van der Waals surface area contributed by atoms with Crippen molar-refractivity contribution in [2.75, 3.05) is 25.5 Å². The first-order chi connectivity index (χ1) is 31.0. The first-order valence-corrected chi connectivity index (χ1v) is 25.7. The molecule has 5 rings (SSSR count). The third-order valence-corrected chi connectivity index (χ3v) is 13.8. The maximum Gasteiger partial charge on any atom is 1.00 e. The summed E-state index contributed by atoms with van der Waals surface area (Å²) in [6.07, 6.45) is 19.6. The van der Waals surface area contributed by atoms with E-state index in [0.29, 0.717) is 64.5 Å². The number of nitrogens with one attached hydrogen (secondary N) is 1. The molecule has 3 atom stereocenters. The molecule has 350 valence electrons. The molecular formula is C53H76KN5O5S. The van der Waals surface area contributed by atoms with E-state index in [1.54, 1.807) is 6.07 Å². The van der Waals surface area contributed by atoms with Crippen LogP contribution in [0.1, 0.15) is 178 Å². The van der Waals surface area contributed by atoms with E-state index in [4.69, 9.17) is 19.5 Å². The number of nitrogens with zero attached hydrogens (tertiary/aromatic N) is 4. The Morgan fingerprint density at radius 1 is 0.877 bits per heavy atom. The van der Waals surface area contributed by atoms with Crippen LogP contribution in [0.5, 0.6) is 0 Å². The van der Waals surface area contributed by atoms with Gasteiger partial charge in [0.1, 0.15) is 17.5 Å². The molecule has 1 aliphatic heterocycles. The molecule has 65 heavy (non-hydrogen) atoms. The van der Waals surface area contributed by atoms with Gasteiger partial charge in [-0.1, -0.05) is 173 Å². The third-order valence-electron chi connectivity index (χ3n) is 12.7. The van der Waals surface area contributed by atoms with Crippen LogP contribution in [0.15, 0.2) is 57.4 Å². The van der Waals surface area contributed by atoms with Crippen molar-refractivity contribution in [1.82, 2.24) is 19.9 Å². The number of hydrogen-bond donors (Lipinski definition) is 1. The smallest absolute Gasteiger partial charge is 0.458 e. The average Bonchev–Trinajstić information content (AvgIpc) is 3.60. The van der Waals surface area contributed by atoms with Crippen LogP contribution in [-0.4, -0.2) is 63.9 Å². The third kappa shape index (κ3) is 16.9. The number of fused-ring (bicyclic) bond motifs is 1. The van der Waals surface area contributed by atoms with E-state index >= 15 is 0 Å². The number of esters is 1. The molecule has 1 aliphatic carbocycles. The van der Waals surface area contributed by atoms with Crippen molar-refractivity contribution in [2.24, 2.45) is 28.7 Å². The molecule has 0 spiro atoms. The number of ether oxygens (including phenoxy) is 2. The fourth-order valence-corrected chi connectivity index (χ4v) is 10.4. The molecule has 1 fully saturated rings. The average molecular weight is 934 g/mol. The normalized spacial score (nSPS) is 19.2. The van der Waals surface area contributed by atoms with Crippen LogP contribution in [0.4, 0.5) is 5.69 Å². The summed E-state index contributed by atoms with van der Waals surface area (Å²) in [4.78, 5) is 57.1. The van der Waals surface area contributed by atoms with Crippen molar-refractivity contribution in [1.29, 1.82) is 0 Å². The van der Waals surface area contributed by atoms with Gasteiger partial charge in [0.05, 0.1) is 0 Å². The minimum atomic E-state index is -0.579. The Morgan fingerprint density at radius 2 is 1.52 bits per heavy atom. The maximum absolute atomic E-state index is 14.8. The summed E-state index contributed by atoms with van der Waals surface area (Å²) >= 11 is 1.45. The van der Waals surface area contributed by atoms with Gasteiger partial charge in [-0.3, -0.25) is 0 Å². The molecule has 12 heteroatoms. The summed E-state index contributed by atoms with van der Waals surface area (Å²) in [6.45, 7) is 16.8. The molecule has 0 radical (unpaired) electrons. The van der Waals surface area contributed by atoms with E-state index in [2.05, 4.69) is 57.9 Å². The van der Waals surface area contributed by atoms with Crippen LogP contribution in [0.2, 0.25) is 0 Å². The summed E-state index contributed by atoms with van der Waals surface area (Å²) in [7, 11) is 0. The number of rotatable bonds is 27. The van der Waals surface area contributed by atoms with Crippen molar-refractivity contribution < 1.29 is 70.4 Å². The first kappa shape index (κ1) is 55.1. The van der Waals surface area contributed by atoms with Crippen molar-refractivity contribution in [2.45, 2.75) is 169 Å². The van der Waals surface area contributed by atoms with Crippen LogP contribution >= 0.6 is 11.8 Å². The predicted octanol–water partition coefficient (Wildman–Crippen LogP) is 9.23. The summed E-state index contributed by atoms with van der Waals surface area (Å²) in [6, 6.07) is 16.1. The number of thioether (sulfide) groups is 1. The number of unbranched alkanes of at least 4 members (excludes halogenated alkanes) is 10. The van der Waals surface area contributed by atoms with Crippen molar-refractivity contribution in [3.8, 4) is 0 Å². The summed E-state index contributed by atoms with van der Waals surface area (Å²) < 4.78 is 13.7. The van der Waals surface area contributed by atoms with Crippen molar-refractivity contribution in [3.05, 3.63) is 81.5 Å². The minimum Gasteiger partial charge on any atom is -0.458 e. The van der Waals surface area contributed by atoms with Gasteiger partial charge in [-0.2, -0.15) is 4.98 Å². The molecule has 2 aliphatic rings. The number of aliphatic imine (C=N–C) groups is 1. The molecule has 3 unspecified atom stereocenters. The summed E-state index contributed by atoms with van der Waals surface area (Å²) in [5, 5.41) is 3.34. The van der Waals surface area contributed by atoms with Crippen LogP contribution in [0.3, 0.4) is 0 Å². The number of aryl methyl sites for hydroxylation is 1. The molecule has 0 bridgehead atoms. The Kier molecular flexibility index (Phi) is 25.0. The number of allylic oxidation sites excluding steroid dienone is 1. The van der Waals surface area contributed by atoms with E-state index < -0.39 is 11.7 Å². The molecule has 0 saturated heterocycles. The monoisotopic (exact) mass is 934 g/mol. The molecule has 2 heterocycles. The van der Waals surface area contributed by atoms with Gasteiger partial charge in [-0.15, -0.1) is 23.8 Å². The van der Waals surface area contributed by atoms with E-state index in [1.807, 2.05) is 43.3 Å². The van der Waals surface area contributed by atoms with E-state index in [-0.39, 0.29) is 92.5 Å². The molecule has 1 amide bonds. The second-order valence-electron chi connectivity index (χ2n) is 18.5. The topological polar surface area (TPSA) is 125 Å². The number of carbonyl (C=O) groups is 2. The molecule has 3 aromatic rings. The summed E-state index contributed by atoms with van der Waals surface area (Å²) in [5.74, 6) is 1.66. The number of benzene rings is 2. The van der Waals surface area contributed by atoms with Gasteiger partial charge >= 0.3 is 63.0 Å². The standard InChI is InChI=1S/C53H76N5O5S.K/c1-8-11-13-14-15-16-17-18-19-23-29-62-30-24-28-54-50(59)43-33-38(5)34-44(35-43)55-48-45(42-26-21-20-22-27-42)46(51(60)63-47-39(6)31-37(4)32-40(47)7)49-56-52(57-53(61)58(48)49)64-36-41(10-3)25-12-9-2;/h20-22,26-27,34-35,37,39-41,47H,8-19,23-25,28-32,36H2,1-7H3,(H,54,59);/q-1;+1. The Bertz CT molecular complexity index is 2060.